The maximum atomic E-state index is 11.4. The van der Waals surface area contributed by atoms with E-state index in [4.69, 9.17) is 5.73 Å². The molecule has 6 heteroatoms. The number of aromatic nitrogens is 3. The molecule has 0 aliphatic heterocycles. The Hall–Kier alpha value is -1.43. The Balaban J connectivity index is 1.73. The first kappa shape index (κ1) is 10.1. The number of nitrogens with zero attached hydrogens (tertiary/aromatic N) is 3. The second-order valence-electron chi connectivity index (χ2n) is 4.00. The number of nitrogens with one attached hydrogen (secondary N) is 1. The van der Waals surface area contributed by atoms with Crippen molar-refractivity contribution in [1.82, 2.24) is 20.1 Å². The molecule has 1 saturated carbocycles. The van der Waals surface area contributed by atoms with Crippen LogP contribution in [0.3, 0.4) is 0 Å². The molecule has 1 aliphatic rings. The third-order valence-electron chi connectivity index (χ3n) is 2.52. The fourth-order valence-electron chi connectivity index (χ4n) is 1.32. The monoisotopic (exact) mass is 209 g/mol. The van der Waals surface area contributed by atoms with Crippen molar-refractivity contribution >= 4 is 5.91 Å². The van der Waals surface area contributed by atoms with Crippen molar-refractivity contribution in [3.8, 4) is 0 Å². The Morgan fingerprint density at radius 1 is 1.73 bits per heavy atom. The van der Waals surface area contributed by atoms with E-state index in [-0.39, 0.29) is 5.91 Å². The van der Waals surface area contributed by atoms with Crippen LogP contribution in [-0.4, -0.2) is 32.8 Å². The molecule has 0 spiro atoms. The van der Waals surface area contributed by atoms with Gasteiger partial charge in [-0.05, 0) is 12.8 Å². The SMILES string of the molecule is Cn1cnc(CCNC(=O)C2(N)CC2)n1. The van der Waals surface area contributed by atoms with Gasteiger partial charge in [0.15, 0.2) is 5.82 Å². The highest BCUT2D eigenvalue weighted by Gasteiger charge is 2.45. The predicted molar refractivity (Wildman–Crippen MR) is 53.9 cm³/mol. The fraction of sp³-hybridized carbons (Fsp3) is 0.667. The number of nitrogens with two attached hydrogens (primary N) is 1. The van der Waals surface area contributed by atoms with E-state index in [1.54, 1.807) is 11.0 Å². The van der Waals surface area contributed by atoms with Crippen LogP contribution in [0.5, 0.6) is 0 Å². The summed E-state index contributed by atoms with van der Waals surface area (Å²) in [6.45, 7) is 0.543. The van der Waals surface area contributed by atoms with Gasteiger partial charge in [0, 0.05) is 20.0 Å². The van der Waals surface area contributed by atoms with Crippen molar-refractivity contribution in [3.63, 3.8) is 0 Å². The molecule has 3 N–H and O–H groups in total. The van der Waals surface area contributed by atoms with Crippen LogP contribution in [0.4, 0.5) is 0 Å². The zero-order chi connectivity index (χ0) is 10.9. The normalized spacial score (nSPS) is 17.5. The van der Waals surface area contributed by atoms with Crippen LogP contribution < -0.4 is 11.1 Å². The third kappa shape index (κ3) is 2.33. The van der Waals surface area contributed by atoms with Gasteiger partial charge < -0.3 is 11.1 Å². The van der Waals surface area contributed by atoms with E-state index in [0.29, 0.717) is 13.0 Å². The molecule has 1 aromatic heterocycles. The lowest BCUT2D eigenvalue weighted by Gasteiger charge is -2.08. The van der Waals surface area contributed by atoms with Crippen molar-refractivity contribution < 1.29 is 4.79 Å². The number of aryl methyl sites for hydroxylation is 1. The lowest BCUT2D eigenvalue weighted by Crippen LogP contribution is -2.43. The van der Waals surface area contributed by atoms with Crippen LogP contribution in [0.2, 0.25) is 0 Å². The molecule has 0 saturated heterocycles. The summed E-state index contributed by atoms with van der Waals surface area (Å²) >= 11 is 0. The van der Waals surface area contributed by atoms with Crippen molar-refractivity contribution in [1.29, 1.82) is 0 Å². The molecule has 0 bridgehead atoms. The maximum absolute atomic E-state index is 11.4. The summed E-state index contributed by atoms with van der Waals surface area (Å²) < 4.78 is 1.64. The highest BCUT2D eigenvalue weighted by Crippen LogP contribution is 2.31. The molecule has 1 fully saturated rings. The molecular weight excluding hydrogens is 194 g/mol. The number of rotatable bonds is 4. The lowest BCUT2D eigenvalue weighted by atomic mass is 10.2. The first-order valence-electron chi connectivity index (χ1n) is 5.02. The quantitative estimate of drug-likeness (QED) is 0.663. The standard InChI is InChI=1S/C9H15N5O/c1-14-6-12-7(13-14)2-5-11-8(15)9(10)3-4-9/h6H,2-5,10H2,1H3,(H,11,15). The van der Waals surface area contributed by atoms with Crippen LogP contribution >= 0.6 is 0 Å². The second kappa shape index (κ2) is 3.62. The van der Waals surface area contributed by atoms with Crippen LogP contribution in [0.25, 0.3) is 0 Å². The maximum Gasteiger partial charge on any atom is 0.240 e. The van der Waals surface area contributed by atoms with Gasteiger partial charge in [-0.25, -0.2) is 4.98 Å². The van der Waals surface area contributed by atoms with E-state index in [1.165, 1.54) is 0 Å². The molecule has 1 heterocycles. The van der Waals surface area contributed by atoms with Crippen LogP contribution in [-0.2, 0) is 18.3 Å². The molecule has 0 atom stereocenters. The zero-order valence-corrected chi connectivity index (χ0v) is 8.73. The molecule has 0 radical (unpaired) electrons. The smallest absolute Gasteiger partial charge is 0.240 e. The van der Waals surface area contributed by atoms with Crippen molar-refractivity contribution in [3.05, 3.63) is 12.2 Å². The van der Waals surface area contributed by atoms with Crippen molar-refractivity contribution in [2.75, 3.05) is 6.54 Å². The fourth-order valence-corrected chi connectivity index (χ4v) is 1.32. The Morgan fingerprint density at radius 2 is 2.47 bits per heavy atom. The van der Waals surface area contributed by atoms with E-state index in [9.17, 15) is 4.79 Å². The van der Waals surface area contributed by atoms with E-state index in [0.717, 1.165) is 18.7 Å². The Kier molecular flexibility index (Phi) is 2.44. The van der Waals surface area contributed by atoms with Gasteiger partial charge >= 0.3 is 0 Å². The summed E-state index contributed by atoms with van der Waals surface area (Å²) in [6.07, 6.45) is 3.87. The third-order valence-corrected chi connectivity index (χ3v) is 2.52. The topological polar surface area (TPSA) is 85.8 Å². The molecule has 6 nitrogen and oxygen atoms in total. The van der Waals surface area contributed by atoms with Crippen molar-refractivity contribution in [2.24, 2.45) is 12.8 Å². The predicted octanol–water partition coefficient (Wildman–Crippen LogP) is -1.03. The highest BCUT2D eigenvalue weighted by atomic mass is 16.2. The van der Waals surface area contributed by atoms with Gasteiger partial charge in [-0.1, -0.05) is 0 Å². The Bertz CT molecular complexity index is 368. The molecule has 15 heavy (non-hydrogen) atoms. The minimum atomic E-state index is -0.586. The van der Waals surface area contributed by atoms with Gasteiger partial charge in [0.1, 0.15) is 6.33 Å². The minimum absolute atomic E-state index is 0.0570. The number of carbonyl (C=O) groups is 1. The van der Waals surface area contributed by atoms with E-state index < -0.39 is 5.54 Å². The van der Waals surface area contributed by atoms with E-state index in [1.807, 2.05) is 7.05 Å². The van der Waals surface area contributed by atoms with Crippen LogP contribution in [0.15, 0.2) is 6.33 Å². The number of hydrogen-bond donors (Lipinski definition) is 2. The highest BCUT2D eigenvalue weighted by molar-refractivity contribution is 5.88. The first-order valence-corrected chi connectivity index (χ1v) is 5.02. The summed E-state index contributed by atoms with van der Waals surface area (Å²) in [6, 6.07) is 0. The van der Waals surface area contributed by atoms with E-state index in [2.05, 4.69) is 15.4 Å². The molecule has 1 amide bonds. The Morgan fingerprint density at radius 3 is 3.00 bits per heavy atom. The lowest BCUT2D eigenvalue weighted by molar-refractivity contribution is -0.123. The molecule has 1 aliphatic carbocycles. The second-order valence-corrected chi connectivity index (χ2v) is 4.00. The molecular formula is C9H15N5O. The van der Waals surface area contributed by atoms with Gasteiger partial charge in [-0.15, -0.1) is 0 Å². The molecule has 82 valence electrons. The van der Waals surface area contributed by atoms with Gasteiger partial charge in [-0.2, -0.15) is 5.10 Å². The molecule has 0 aromatic carbocycles. The number of carbonyl (C=O) groups excluding carboxylic acids is 1. The van der Waals surface area contributed by atoms with Crippen LogP contribution in [0, 0.1) is 0 Å². The summed E-state index contributed by atoms with van der Waals surface area (Å²) in [5, 5.41) is 6.90. The zero-order valence-electron chi connectivity index (χ0n) is 8.73. The summed E-state index contributed by atoms with van der Waals surface area (Å²) in [5.41, 5.74) is 5.14. The van der Waals surface area contributed by atoms with Gasteiger partial charge in [-0.3, -0.25) is 9.48 Å². The number of hydrogen-bond acceptors (Lipinski definition) is 4. The largest absolute Gasteiger partial charge is 0.354 e. The average Bonchev–Trinajstić information content (AvgIpc) is 2.81. The van der Waals surface area contributed by atoms with Crippen LogP contribution in [0.1, 0.15) is 18.7 Å². The average molecular weight is 209 g/mol. The molecule has 0 unspecified atom stereocenters. The van der Waals surface area contributed by atoms with E-state index >= 15 is 0 Å². The molecule has 1 aromatic rings. The van der Waals surface area contributed by atoms with Gasteiger partial charge in [0.25, 0.3) is 0 Å². The Labute approximate surface area is 87.9 Å². The minimum Gasteiger partial charge on any atom is -0.354 e. The molecule has 2 rings (SSSR count). The summed E-state index contributed by atoms with van der Waals surface area (Å²) in [7, 11) is 1.81. The summed E-state index contributed by atoms with van der Waals surface area (Å²) in [5.74, 6) is 0.679. The summed E-state index contributed by atoms with van der Waals surface area (Å²) in [4.78, 5) is 15.5. The van der Waals surface area contributed by atoms with Crippen molar-refractivity contribution in [2.45, 2.75) is 24.8 Å². The number of amides is 1. The van der Waals surface area contributed by atoms with Gasteiger partial charge in [0.05, 0.1) is 5.54 Å². The van der Waals surface area contributed by atoms with Gasteiger partial charge in [0.2, 0.25) is 5.91 Å². The first-order chi connectivity index (χ1) is 7.10.